The SMILES string of the molecule is O=C(NCc1cccc(Cl)c1)c1cc(Cl)ccc1Cl. The van der Waals surface area contributed by atoms with Crippen molar-refractivity contribution < 1.29 is 4.79 Å². The first-order valence-corrected chi connectivity index (χ1v) is 6.67. The first-order valence-electron chi connectivity index (χ1n) is 5.54. The highest BCUT2D eigenvalue weighted by Gasteiger charge is 2.10. The molecule has 0 unspecified atom stereocenters. The number of hydrogen-bond donors (Lipinski definition) is 1. The predicted molar refractivity (Wildman–Crippen MR) is 79.1 cm³/mol. The van der Waals surface area contributed by atoms with Crippen molar-refractivity contribution in [3.8, 4) is 0 Å². The molecule has 98 valence electrons. The Bertz CT molecular complexity index is 613. The van der Waals surface area contributed by atoms with Crippen LogP contribution >= 0.6 is 34.8 Å². The Hall–Kier alpha value is -1.22. The highest BCUT2D eigenvalue weighted by atomic mass is 35.5. The molecule has 2 aromatic carbocycles. The zero-order chi connectivity index (χ0) is 13.8. The molecule has 0 fully saturated rings. The van der Waals surface area contributed by atoms with E-state index in [1.165, 1.54) is 6.07 Å². The van der Waals surface area contributed by atoms with Crippen LogP contribution < -0.4 is 5.32 Å². The Kier molecular flexibility index (Phi) is 4.70. The smallest absolute Gasteiger partial charge is 0.253 e. The van der Waals surface area contributed by atoms with Crippen LogP contribution in [0.2, 0.25) is 15.1 Å². The standard InChI is InChI=1S/C14H10Cl3NO/c15-10-3-1-2-9(6-10)8-18-14(19)12-7-11(16)4-5-13(12)17/h1-7H,8H2,(H,18,19). The molecular weight excluding hydrogens is 305 g/mol. The molecule has 0 aliphatic carbocycles. The lowest BCUT2D eigenvalue weighted by Crippen LogP contribution is -2.23. The van der Waals surface area contributed by atoms with E-state index in [0.717, 1.165) is 5.56 Å². The molecule has 1 amide bonds. The van der Waals surface area contributed by atoms with E-state index < -0.39 is 0 Å². The molecule has 0 bridgehead atoms. The monoisotopic (exact) mass is 313 g/mol. The molecule has 0 heterocycles. The number of hydrogen-bond acceptors (Lipinski definition) is 1. The van der Waals surface area contributed by atoms with Gasteiger partial charge in [0.2, 0.25) is 0 Å². The number of carbonyl (C=O) groups is 1. The van der Waals surface area contributed by atoms with Crippen molar-refractivity contribution in [3.05, 3.63) is 68.7 Å². The van der Waals surface area contributed by atoms with Crippen molar-refractivity contribution in [1.82, 2.24) is 5.32 Å². The normalized spacial score (nSPS) is 10.3. The van der Waals surface area contributed by atoms with Gasteiger partial charge >= 0.3 is 0 Å². The van der Waals surface area contributed by atoms with Crippen LogP contribution in [0.1, 0.15) is 15.9 Å². The number of halogens is 3. The third-order valence-corrected chi connectivity index (χ3v) is 3.31. The molecule has 19 heavy (non-hydrogen) atoms. The van der Waals surface area contributed by atoms with Crippen LogP contribution in [0.15, 0.2) is 42.5 Å². The number of rotatable bonds is 3. The van der Waals surface area contributed by atoms with E-state index >= 15 is 0 Å². The molecule has 0 radical (unpaired) electrons. The number of benzene rings is 2. The Morgan fingerprint density at radius 2 is 1.74 bits per heavy atom. The summed E-state index contributed by atoms with van der Waals surface area (Å²) in [5, 5.41) is 4.24. The zero-order valence-electron chi connectivity index (χ0n) is 9.79. The van der Waals surface area contributed by atoms with E-state index in [2.05, 4.69) is 5.32 Å². The van der Waals surface area contributed by atoms with Gasteiger partial charge in [-0.1, -0.05) is 46.9 Å². The number of nitrogens with one attached hydrogen (secondary N) is 1. The van der Waals surface area contributed by atoms with Gasteiger partial charge < -0.3 is 5.32 Å². The molecule has 0 saturated heterocycles. The molecule has 2 rings (SSSR count). The van der Waals surface area contributed by atoms with Gasteiger partial charge in [0.1, 0.15) is 0 Å². The van der Waals surface area contributed by atoms with Crippen molar-refractivity contribution >= 4 is 40.7 Å². The van der Waals surface area contributed by atoms with Crippen molar-refractivity contribution in [2.45, 2.75) is 6.54 Å². The summed E-state index contributed by atoms with van der Waals surface area (Å²) in [6, 6.07) is 12.1. The third kappa shape index (κ3) is 3.87. The highest BCUT2D eigenvalue weighted by Crippen LogP contribution is 2.20. The van der Waals surface area contributed by atoms with Crippen LogP contribution in [0.4, 0.5) is 0 Å². The summed E-state index contributed by atoms with van der Waals surface area (Å²) < 4.78 is 0. The molecule has 0 aromatic heterocycles. The van der Waals surface area contributed by atoms with Crippen LogP contribution in [0.3, 0.4) is 0 Å². The van der Waals surface area contributed by atoms with Gasteiger partial charge in [0.05, 0.1) is 10.6 Å². The molecule has 2 nitrogen and oxygen atoms in total. The molecule has 2 aromatic rings. The van der Waals surface area contributed by atoms with Crippen LogP contribution in [0, 0.1) is 0 Å². The van der Waals surface area contributed by atoms with Crippen molar-refractivity contribution in [3.63, 3.8) is 0 Å². The van der Waals surface area contributed by atoms with Crippen molar-refractivity contribution in [2.24, 2.45) is 0 Å². The summed E-state index contributed by atoms with van der Waals surface area (Å²) in [7, 11) is 0. The minimum atomic E-state index is -0.271. The first-order chi connectivity index (χ1) is 9.06. The van der Waals surface area contributed by atoms with Gasteiger partial charge in [-0.3, -0.25) is 4.79 Å². The van der Waals surface area contributed by atoms with E-state index in [4.69, 9.17) is 34.8 Å². The average molecular weight is 315 g/mol. The maximum atomic E-state index is 12.0. The summed E-state index contributed by atoms with van der Waals surface area (Å²) in [4.78, 5) is 12.0. The second-order valence-electron chi connectivity index (χ2n) is 3.94. The van der Waals surface area contributed by atoms with Gasteiger partial charge in [-0.05, 0) is 35.9 Å². The van der Waals surface area contributed by atoms with Gasteiger partial charge in [0.25, 0.3) is 5.91 Å². The topological polar surface area (TPSA) is 29.1 Å². The molecular formula is C14H10Cl3NO. The minimum Gasteiger partial charge on any atom is -0.348 e. The average Bonchev–Trinajstić information content (AvgIpc) is 2.39. The third-order valence-electron chi connectivity index (χ3n) is 2.52. The quantitative estimate of drug-likeness (QED) is 0.883. The van der Waals surface area contributed by atoms with Crippen molar-refractivity contribution in [2.75, 3.05) is 0 Å². The number of amides is 1. The lowest BCUT2D eigenvalue weighted by atomic mass is 10.2. The molecule has 0 aliphatic rings. The molecule has 1 N–H and O–H groups in total. The zero-order valence-corrected chi connectivity index (χ0v) is 12.1. The Morgan fingerprint density at radius 1 is 1.00 bits per heavy atom. The van der Waals surface area contributed by atoms with Gasteiger partial charge in [-0.25, -0.2) is 0 Å². The minimum absolute atomic E-state index is 0.271. The molecule has 5 heteroatoms. The fraction of sp³-hybridized carbons (Fsp3) is 0.0714. The largest absolute Gasteiger partial charge is 0.348 e. The summed E-state index contributed by atoms with van der Waals surface area (Å²) in [5.41, 5.74) is 1.27. The second-order valence-corrected chi connectivity index (χ2v) is 5.22. The number of carbonyl (C=O) groups excluding carboxylic acids is 1. The van der Waals surface area contributed by atoms with E-state index in [9.17, 15) is 4.79 Å². The summed E-state index contributed by atoms with van der Waals surface area (Å²) in [6.07, 6.45) is 0. The highest BCUT2D eigenvalue weighted by molar-refractivity contribution is 6.35. The van der Waals surface area contributed by atoms with E-state index in [1.54, 1.807) is 24.3 Å². The summed E-state index contributed by atoms with van der Waals surface area (Å²) in [6.45, 7) is 0.377. The van der Waals surface area contributed by atoms with E-state index in [1.807, 2.05) is 12.1 Å². The van der Waals surface area contributed by atoms with Crippen molar-refractivity contribution in [1.29, 1.82) is 0 Å². The van der Waals surface area contributed by atoms with Crippen LogP contribution in [0.5, 0.6) is 0 Å². The maximum Gasteiger partial charge on any atom is 0.253 e. The van der Waals surface area contributed by atoms with Gasteiger partial charge in [-0.15, -0.1) is 0 Å². The van der Waals surface area contributed by atoms with Crippen LogP contribution in [0.25, 0.3) is 0 Å². The van der Waals surface area contributed by atoms with E-state index in [-0.39, 0.29) is 5.91 Å². The van der Waals surface area contributed by atoms with Crippen LogP contribution in [-0.2, 0) is 6.54 Å². The summed E-state index contributed by atoms with van der Waals surface area (Å²) >= 11 is 17.7. The lowest BCUT2D eigenvalue weighted by Gasteiger charge is -2.07. The first kappa shape index (κ1) is 14.2. The Morgan fingerprint density at radius 3 is 2.47 bits per heavy atom. The van der Waals surface area contributed by atoms with Crippen LogP contribution in [-0.4, -0.2) is 5.91 Å². The molecule has 0 spiro atoms. The molecule has 0 saturated carbocycles. The van der Waals surface area contributed by atoms with Gasteiger partial charge in [-0.2, -0.15) is 0 Å². The Labute approximate surface area is 126 Å². The second kappa shape index (κ2) is 6.29. The van der Waals surface area contributed by atoms with Gasteiger partial charge in [0.15, 0.2) is 0 Å². The fourth-order valence-corrected chi connectivity index (χ4v) is 2.18. The maximum absolute atomic E-state index is 12.0. The fourth-order valence-electron chi connectivity index (χ4n) is 1.60. The lowest BCUT2D eigenvalue weighted by molar-refractivity contribution is 0.0951. The molecule has 0 atom stereocenters. The predicted octanol–water partition coefficient (Wildman–Crippen LogP) is 4.58. The van der Waals surface area contributed by atoms with Gasteiger partial charge in [0, 0.05) is 16.6 Å². The summed E-state index contributed by atoms with van der Waals surface area (Å²) in [5.74, 6) is -0.271. The Balaban J connectivity index is 2.07. The molecule has 0 aliphatic heterocycles. The van der Waals surface area contributed by atoms with E-state index in [0.29, 0.717) is 27.2 Å².